The number of carbonyl (C=O) groups is 2. The Morgan fingerprint density at radius 2 is 1.74 bits per heavy atom. The second-order valence-corrected chi connectivity index (χ2v) is 7.40. The van der Waals surface area contributed by atoms with E-state index in [4.69, 9.17) is 9.84 Å². The average Bonchev–Trinajstić information content (AvgIpc) is 2.68. The highest BCUT2D eigenvalue weighted by Gasteiger charge is 2.51. The number of halogens is 3. The molecule has 0 aliphatic carbocycles. The van der Waals surface area contributed by atoms with Gasteiger partial charge in [-0.25, -0.2) is 9.59 Å². The summed E-state index contributed by atoms with van der Waals surface area (Å²) in [5.41, 5.74) is -6.60. The maximum atomic E-state index is 12.3. The molecule has 1 unspecified atom stereocenters. The number of amides is 1. The number of hydrogen-bond donors (Lipinski definition) is 1. The van der Waals surface area contributed by atoms with Gasteiger partial charge in [-0.3, -0.25) is 9.08 Å². The van der Waals surface area contributed by atoms with Gasteiger partial charge in [0.05, 0.1) is 12.6 Å². The first-order valence-corrected chi connectivity index (χ1v) is 7.77. The zero-order valence-corrected chi connectivity index (χ0v) is 13.3. The number of alkyl halides is 3. The van der Waals surface area contributed by atoms with Gasteiger partial charge in [0, 0.05) is 6.42 Å². The predicted octanol–water partition coefficient (Wildman–Crippen LogP) is 1.32. The minimum atomic E-state index is -5.89. The van der Waals surface area contributed by atoms with E-state index >= 15 is 0 Å². The van der Waals surface area contributed by atoms with Crippen molar-refractivity contribution in [2.75, 3.05) is 6.54 Å². The van der Waals surface area contributed by atoms with Gasteiger partial charge in [-0.05, 0) is 20.8 Å². The van der Waals surface area contributed by atoms with E-state index in [9.17, 15) is 31.2 Å². The highest BCUT2D eigenvalue weighted by atomic mass is 32.2. The second-order valence-electron chi connectivity index (χ2n) is 5.84. The highest BCUT2D eigenvalue weighted by molar-refractivity contribution is 7.87. The summed E-state index contributed by atoms with van der Waals surface area (Å²) >= 11 is 0. The van der Waals surface area contributed by atoms with Gasteiger partial charge in [-0.1, -0.05) is 0 Å². The predicted molar refractivity (Wildman–Crippen MR) is 68.8 cm³/mol. The molecule has 0 spiro atoms. The van der Waals surface area contributed by atoms with Gasteiger partial charge >= 0.3 is 27.7 Å². The molecule has 0 aromatic heterocycles. The van der Waals surface area contributed by atoms with Crippen LogP contribution < -0.4 is 0 Å². The third-order valence-electron chi connectivity index (χ3n) is 2.72. The molecule has 0 aromatic rings. The van der Waals surface area contributed by atoms with E-state index in [1.54, 1.807) is 0 Å². The van der Waals surface area contributed by atoms with Crippen LogP contribution in [0.5, 0.6) is 0 Å². The lowest BCUT2D eigenvalue weighted by atomic mass is 10.2. The van der Waals surface area contributed by atoms with Crippen molar-refractivity contribution in [1.29, 1.82) is 0 Å². The van der Waals surface area contributed by atoms with E-state index in [1.165, 1.54) is 20.8 Å². The third kappa shape index (κ3) is 4.96. The summed E-state index contributed by atoms with van der Waals surface area (Å²) in [6.07, 6.45) is -3.32. The Morgan fingerprint density at radius 1 is 1.22 bits per heavy atom. The van der Waals surface area contributed by atoms with Gasteiger partial charge < -0.3 is 9.84 Å². The van der Waals surface area contributed by atoms with Gasteiger partial charge in [0.15, 0.2) is 0 Å². The number of carboxylic acid groups (broad SMARTS) is 1. The molecule has 1 aliphatic rings. The number of carbonyl (C=O) groups excluding carboxylic acids is 1. The topological polar surface area (TPSA) is 110 Å². The van der Waals surface area contributed by atoms with Gasteiger partial charge in [-0.2, -0.15) is 21.6 Å². The molecule has 23 heavy (non-hydrogen) atoms. The highest BCUT2D eigenvalue weighted by Crippen LogP contribution is 2.30. The molecule has 1 amide bonds. The van der Waals surface area contributed by atoms with Crippen LogP contribution in [0.25, 0.3) is 0 Å². The lowest BCUT2D eigenvalue weighted by Crippen LogP contribution is -2.43. The van der Waals surface area contributed by atoms with Crippen molar-refractivity contribution >= 4 is 22.2 Å². The van der Waals surface area contributed by atoms with Gasteiger partial charge in [-0.15, -0.1) is 0 Å². The van der Waals surface area contributed by atoms with Crippen LogP contribution in [0, 0.1) is 0 Å². The molecule has 0 bridgehead atoms. The van der Waals surface area contributed by atoms with Crippen LogP contribution in [-0.2, 0) is 23.8 Å². The first kappa shape index (κ1) is 19.5. The van der Waals surface area contributed by atoms with E-state index in [0.29, 0.717) is 4.90 Å². The molecule has 2 atom stereocenters. The van der Waals surface area contributed by atoms with Crippen LogP contribution in [0.2, 0.25) is 0 Å². The fraction of sp³-hybridized carbons (Fsp3) is 0.818. The Kier molecular flexibility index (Phi) is 5.21. The minimum absolute atomic E-state index is 0.607. The van der Waals surface area contributed by atoms with Gasteiger partial charge in [0.25, 0.3) is 0 Å². The van der Waals surface area contributed by atoms with Crippen molar-refractivity contribution in [2.45, 2.75) is 50.4 Å². The molecule has 1 heterocycles. The van der Waals surface area contributed by atoms with Crippen LogP contribution in [-0.4, -0.2) is 60.3 Å². The second kappa shape index (κ2) is 6.15. The van der Waals surface area contributed by atoms with Crippen molar-refractivity contribution in [3.8, 4) is 0 Å². The number of rotatable bonds is 3. The third-order valence-corrected chi connectivity index (χ3v) is 3.81. The molecular weight excluding hydrogens is 347 g/mol. The standard InChI is InChI=1S/C11H16F3NO7S/c1-10(2,3)21-9(18)15-5-6(4-7(15)8(16)17)22-23(19,20)11(12,13)14/h6-7H,4-5H2,1-3H3,(H,16,17)/t6?,7-/m0/s1. The first-order valence-electron chi connectivity index (χ1n) is 6.36. The van der Waals surface area contributed by atoms with Gasteiger partial charge in [0.1, 0.15) is 11.6 Å². The Bertz CT molecular complexity index is 581. The van der Waals surface area contributed by atoms with Crippen molar-refractivity contribution < 1.29 is 45.2 Å². The Hall–Kier alpha value is -1.56. The van der Waals surface area contributed by atoms with E-state index in [2.05, 4.69) is 4.18 Å². The smallest absolute Gasteiger partial charge is 0.480 e. The van der Waals surface area contributed by atoms with Crippen LogP contribution in [0.4, 0.5) is 18.0 Å². The average molecular weight is 363 g/mol. The zero-order chi connectivity index (χ0) is 18.2. The van der Waals surface area contributed by atoms with Crippen LogP contribution in [0.15, 0.2) is 0 Å². The number of hydrogen-bond acceptors (Lipinski definition) is 6. The van der Waals surface area contributed by atoms with Crippen LogP contribution in [0.3, 0.4) is 0 Å². The number of nitrogens with zero attached hydrogens (tertiary/aromatic N) is 1. The molecule has 1 N–H and O–H groups in total. The maximum Gasteiger partial charge on any atom is 0.523 e. The SMILES string of the molecule is CC(C)(C)OC(=O)N1CC(OS(=O)(=O)C(F)(F)F)C[C@H]1C(=O)O. The van der Waals surface area contributed by atoms with E-state index < -0.39 is 58.4 Å². The molecule has 1 fully saturated rings. The molecule has 134 valence electrons. The molecule has 1 aliphatic heterocycles. The number of carboxylic acids is 1. The van der Waals surface area contributed by atoms with E-state index in [1.807, 2.05) is 0 Å². The Balaban J connectivity index is 2.91. The Labute approximate surface area is 130 Å². The molecule has 1 rings (SSSR count). The molecular formula is C11H16F3NO7S. The zero-order valence-electron chi connectivity index (χ0n) is 12.5. The van der Waals surface area contributed by atoms with Crippen LogP contribution >= 0.6 is 0 Å². The summed E-state index contributed by atoms with van der Waals surface area (Å²) in [4.78, 5) is 23.6. The molecule has 1 saturated heterocycles. The molecule has 0 aromatic carbocycles. The lowest BCUT2D eigenvalue weighted by Gasteiger charge is -2.26. The normalized spacial score (nSPS) is 23.0. The summed E-state index contributed by atoms with van der Waals surface area (Å²) in [5.74, 6) is -1.51. The largest absolute Gasteiger partial charge is 0.523 e. The summed E-state index contributed by atoms with van der Waals surface area (Å²) in [6, 6.07) is -1.54. The lowest BCUT2D eigenvalue weighted by molar-refractivity contribution is -0.142. The molecule has 0 radical (unpaired) electrons. The number of ether oxygens (including phenoxy) is 1. The summed E-state index contributed by atoms with van der Waals surface area (Å²) in [7, 11) is -5.89. The summed E-state index contributed by atoms with van der Waals surface area (Å²) < 4.78 is 67.7. The van der Waals surface area contributed by atoms with Crippen LogP contribution in [0.1, 0.15) is 27.2 Å². The monoisotopic (exact) mass is 363 g/mol. The van der Waals surface area contributed by atoms with E-state index in [-0.39, 0.29) is 0 Å². The fourth-order valence-electron chi connectivity index (χ4n) is 1.86. The minimum Gasteiger partial charge on any atom is -0.480 e. The van der Waals surface area contributed by atoms with Crippen molar-refractivity contribution in [3.63, 3.8) is 0 Å². The molecule has 0 saturated carbocycles. The summed E-state index contributed by atoms with van der Waals surface area (Å²) in [5, 5.41) is 9.03. The molecule has 8 nitrogen and oxygen atoms in total. The quantitative estimate of drug-likeness (QED) is 0.595. The fourth-order valence-corrected chi connectivity index (χ4v) is 2.46. The van der Waals surface area contributed by atoms with Crippen molar-refractivity contribution in [2.24, 2.45) is 0 Å². The number of aliphatic carboxylic acids is 1. The van der Waals surface area contributed by atoms with E-state index in [0.717, 1.165) is 0 Å². The van der Waals surface area contributed by atoms with Crippen molar-refractivity contribution in [1.82, 2.24) is 4.90 Å². The Morgan fingerprint density at radius 3 is 2.13 bits per heavy atom. The van der Waals surface area contributed by atoms with Gasteiger partial charge in [0.2, 0.25) is 0 Å². The molecule has 12 heteroatoms. The number of likely N-dealkylation sites (tertiary alicyclic amines) is 1. The maximum absolute atomic E-state index is 12.3. The first-order chi connectivity index (χ1) is 10.1. The summed E-state index contributed by atoms with van der Waals surface area (Å²) in [6.45, 7) is 3.89. The van der Waals surface area contributed by atoms with Crippen molar-refractivity contribution in [3.05, 3.63) is 0 Å².